The van der Waals surface area contributed by atoms with Gasteiger partial charge in [-0.25, -0.2) is 14.9 Å². The molecule has 0 saturated heterocycles. The Kier molecular flexibility index (Phi) is 4.58. The minimum Gasteiger partial charge on any atom is -0.481 e. The minimum atomic E-state index is -1.23. The first-order chi connectivity index (χ1) is 12.2. The number of aromatic nitrogens is 4. The molecule has 0 radical (unpaired) electrons. The Morgan fingerprint density at radius 1 is 1.20 bits per heavy atom. The Morgan fingerprint density at radius 2 is 2.00 bits per heavy atom. The number of nitrogens with one attached hydrogen (secondary N) is 1. The summed E-state index contributed by atoms with van der Waals surface area (Å²) in [6.07, 6.45) is 1.61. The van der Waals surface area contributed by atoms with E-state index in [0.717, 1.165) is 5.56 Å². The summed E-state index contributed by atoms with van der Waals surface area (Å²) < 4.78 is 10.5. The number of carboxylic acid groups (broad SMARTS) is 1. The Balaban J connectivity index is 1.81. The lowest BCUT2D eigenvalue weighted by molar-refractivity contribution is 0.0687. The molecule has 1 aromatic carbocycles. The second kappa shape index (κ2) is 7.14. The van der Waals surface area contributed by atoms with Crippen LogP contribution in [0.4, 0.5) is 0 Å². The van der Waals surface area contributed by atoms with Crippen LogP contribution in [0.3, 0.4) is 0 Å². The summed E-state index contributed by atoms with van der Waals surface area (Å²) in [6.45, 7) is 0. The molecule has 0 fully saturated rings. The number of methoxy groups -OCH3 is 1. The van der Waals surface area contributed by atoms with E-state index in [-0.39, 0.29) is 11.6 Å². The van der Waals surface area contributed by atoms with Crippen molar-refractivity contribution >= 4 is 5.97 Å². The number of benzene rings is 1. The van der Waals surface area contributed by atoms with Gasteiger partial charge in [0.1, 0.15) is 5.75 Å². The van der Waals surface area contributed by atoms with Gasteiger partial charge in [-0.05, 0) is 24.3 Å². The number of hydrogen-bond acceptors (Lipinski definition) is 6. The summed E-state index contributed by atoms with van der Waals surface area (Å²) in [5.41, 5.74) is 1.15. The molecular formula is C17H12N4O4. The fraction of sp³-hybridized carbons (Fsp3) is 0.0588. The highest BCUT2D eigenvalue weighted by atomic mass is 16.5. The summed E-state index contributed by atoms with van der Waals surface area (Å²) >= 11 is 0. The van der Waals surface area contributed by atoms with E-state index in [0.29, 0.717) is 17.2 Å². The van der Waals surface area contributed by atoms with Crippen LogP contribution in [0.2, 0.25) is 0 Å². The van der Waals surface area contributed by atoms with Gasteiger partial charge >= 0.3 is 5.97 Å². The van der Waals surface area contributed by atoms with E-state index in [4.69, 9.17) is 14.6 Å². The monoisotopic (exact) mass is 336 g/mol. The van der Waals surface area contributed by atoms with Crippen LogP contribution < -0.4 is 9.47 Å². The van der Waals surface area contributed by atoms with Crippen LogP contribution in [0.5, 0.6) is 17.5 Å². The maximum atomic E-state index is 11.0. The third-order valence-electron chi connectivity index (χ3n) is 3.07. The lowest BCUT2D eigenvalue weighted by Gasteiger charge is -2.03. The molecule has 2 aromatic heterocycles. The van der Waals surface area contributed by atoms with E-state index in [1.807, 2.05) is 6.07 Å². The van der Waals surface area contributed by atoms with Gasteiger partial charge in [0, 0.05) is 23.4 Å². The minimum absolute atomic E-state index is 0.0449. The van der Waals surface area contributed by atoms with Gasteiger partial charge in [-0.15, -0.1) is 5.10 Å². The highest BCUT2D eigenvalue weighted by Gasteiger charge is 2.16. The molecule has 8 heteroatoms. The first-order valence-corrected chi connectivity index (χ1v) is 7.10. The SMILES string of the molecule is COc1cc(C#Cc2cccc(Oc3[nH]nnc3C(=O)O)c2)ccn1. The number of aromatic amines is 1. The predicted octanol–water partition coefficient (Wildman–Crippen LogP) is 2.10. The van der Waals surface area contributed by atoms with E-state index in [1.165, 1.54) is 7.11 Å². The number of H-pyrrole nitrogens is 1. The van der Waals surface area contributed by atoms with Gasteiger partial charge in [0.2, 0.25) is 11.6 Å². The van der Waals surface area contributed by atoms with Gasteiger partial charge in [-0.2, -0.15) is 0 Å². The predicted molar refractivity (Wildman–Crippen MR) is 86.6 cm³/mol. The largest absolute Gasteiger partial charge is 0.481 e. The molecule has 0 aliphatic carbocycles. The Morgan fingerprint density at radius 3 is 2.76 bits per heavy atom. The van der Waals surface area contributed by atoms with Crippen molar-refractivity contribution in [2.75, 3.05) is 7.11 Å². The summed E-state index contributed by atoms with van der Waals surface area (Å²) in [5.74, 6) is 5.62. The summed E-state index contributed by atoms with van der Waals surface area (Å²) in [5, 5.41) is 18.3. The van der Waals surface area contributed by atoms with Crippen LogP contribution in [-0.4, -0.2) is 38.6 Å². The van der Waals surface area contributed by atoms with Crippen LogP contribution in [0.1, 0.15) is 21.6 Å². The standard InChI is InChI=1S/C17H12N4O4/c1-24-14-10-12(7-8-18-14)6-5-11-3-2-4-13(9-11)25-16-15(17(22)23)19-21-20-16/h2-4,7-10H,1H3,(H,22,23)(H,19,20,21). The Hall–Kier alpha value is -3.86. The molecule has 0 unspecified atom stereocenters. The number of carboxylic acids is 1. The number of pyridine rings is 1. The van der Waals surface area contributed by atoms with E-state index in [1.54, 1.807) is 36.5 Å². The smallest absolute Gasteiger partial charge is 0.362 e. The molecule has 8 nitrogen and oxygen atoms in total. The van der Waals surface area contributed by atoms with Crippen molar-refractivity contribution in [3.05, 3.63) is 59.4 Å². The van der Waals surface area contributed by atoms with Crippen molar-refractivity contribution in [1.82, 2.24) is 20.4 Å². The Bertz CT molecular complexity index is 972. The lowest BCUT2D eigenvalue weighted by Crippen LogP contribution is -1.99. The molecule has 0 amide bonds. The number of nitrogens with zero attached hydrogens (tertiary/aromatic N) is 3. The van der Waals surface area contributed by atoms with Crippen LogP contribution in [-0.2, 0) is 0 Å². The number of aromatic carboxylic acids is 1. The highest BCUT2D eigenvalue weighted by molar-refractivity contribution is 5.87. The first-order valence-electron chi connectivity index (χ1n) is 7.10. The molecule has 0 aliphatic heterocycles. The normalized spacial score (nSPS) is 9.80. The third kappa shape index (κ3) is 3.92. The highest BCUT2D eigenvalue weighted by Crippen LogP contribution is 2.22. The van der Waals surface area contributed by atoms with E-state index in [2.05, 4.69) is 32.2 Å². The van der Waals surface area contributed by atoms with Crippen molar-refractivity contribution in [3.8, 4) is 29.4 Å². The van der Waals surface area contributed by atoms with Crippen LogP contribution in [0, 0.1) is 11.8 Å². The molecule has 2 heterocycles. The van der Waals surface area contributed by atoms with E-state index >= 15 is 0 Å². The summed E-state index contributed by atoms with van der Waals surface area (Å²) in [4.78, 5) is 15.0. The maximum Gasteiger partial charge on any atom is 0.362 e. The van der Waals surface area contributed by atoms with Crippen LogP contribution >= 0.6 is 0 Å². The van der Waals surface area contributed by atoms with Crippen molar-refractivity contribution in [3.63, 3.8) is 0 Å². The number of hydrogen-bond donors (Lipinski definition) is 2. The molecule has 0 saturated carbocycles. The number of rotatable bonds is 4. The zero-order valence-electron chi connectivity index (χ0n) is 13.1. The lowest BCUT2D eigenvalue weighted by atomic mass is 10.2. The molecule has 3 rings (SSSR count). The van der Waals surface area contributed by atoms with E-state index in [9.17, 15) is 4.79 Å². The number of carbonyl (C=O) groups is 1. The molecular weight excluding hydrogens is 324 g/mol. The van der Waals surface area contributed by atoms with Crippen LogP contribution in [0.25, 0.3) is 0 Å². The van der Waals surface area contributed by atoms with Gasteiger partial charge in [0.15, 0.2) is 0 Å². The van der Waals surface area contributed by atoms with Gasteiger partial charge in [-0.3, -0.25) is 0 Å². The first kappa shape index (κ1) is 16.0. The topological polar surface area (TPSA) is 110 Å². The molecule has 0 atom stereocenters. The fourth-order valence-electron chi connectivity index (χ4n) is 1.93. The molecule has 3 aromatic rings. The van der Waals surface area contributed by atoms with E-state index < -0.39 is 5.97 Å². The zero-order valence-corrected chi connectivity index (χ0v) is 13.1. The number of ether oxygens (including phenoxy) is 2. The van der Waals surface area contributed by atoms with Crippen molar-refractivity contribution < 1.29 is 19.4 Å². The van der Waals surface area contributed by atoms with Gasteiger partial charge in [0.05, 0.1) is 7.11 Å². The fourth-order valence-corrected chi connectivity index (χ4v) is 1.93. The quantitative estimate of drug-likeness (QED) is 0.702. The van der Waals surface area contributed by atoms with Crippen molar-refractivity contribution in [2.45, 2.75) is 0 Å². The Labute approximate surface area is 142 Å². The summed E-state index contributed by atoms with van der Waals surface area (Å²) in [7, 11) is 1.54. The molecule has 0 aliphatic rings. The third-order valence-corrected chi connectivity index (χ3v) is 3.07. The maximum absolute atomic E-state index is 11.0. The molecule has 124 valence electrons. The average molecular weight is 336 g/mol. The average Bonchev–Trinajstić information content (AvgIpc) is 3.09. The van der Waals surface area contributed by atoms with Gasteiger partial charge in [0.25, 0.3) is 5.88 Å². The van der Waals surface area contributed by atoms with Crippen molar-refractivity contribution in [2.24, 2.45) is 0 Å². The molecule has 2 N–H and O–H groups in total. The summed E-state index contributed by atoms with van der Waals surface area (Å²) in [6, 6.07) is 10.4. The van der Waals surface area contributed by atoms with Gasteiger partial charge in [-0.1, -0.05) is 23.1 Å². The van der Waals surface area contributed by atoms with Gasteiger partial charge < -0.3 is 14.6 Å². The molecule has 0 bridgehead atoms. The zero-order chi connectivity index (χ0) is 17.6. The van der Waals surface area contributed by atoms with Crippen LogP contribution in [0.15, 0.2) is 42.6 Å². The second-order valence-corrected chi connectivity index (χ2v) is 4.76. The molecule has 25 heavy (non-hydrogen) atoms. The van der Waals surface area contributed by atoms with Crippen molar-refractivity contribution in [1.29, 1.82) is 0 Å². The second-order valence-electron chi connectivity index (χ2n) is 4.76. The molecule has 0 spiro atoms.